The molecule has 1 saturated heterocycles. The number of hydrogen-bond donors (Lipinski definition) is 0. The summed E-state index contributed by atoms with van der Waals surface area (Å²) in [6.07, 6.45) is 2.32. The Kier molecular flexibility index (Phi) is 6.07. The molecular weight excluding hydrogens is 379 g/mol. The molecule has 0 bridgehead atoms. The number of aromatic nitrogens is 1. The quantitative estimate of drug-likeness (QED) is 0.611. The number of hydrogen-bond acceptors (Lipinski definition) is 3. The van der Waals surface area contributed by atoms with E-state index in [2.05, 4.69) is 0 Å². The first-order chi connectivity index (χ1) is 14.6. The van der Waals surface area contributed by atoms with Crippen LogP contribution in [0, 0.1) is 5.82 Å². The highest BCUT2D eigenvalue weighted by Crippen LogP contribution is 2.28. The first-order valence-corrected chi connectivity index (χ1v) is 10.3. The molecule has 0 N–H and O–H groups in total. The number of halogens is 1. The average molecular weight is 404 g/mol. The highest BCUT2D eigenvalue weighted by molar-refractivity contribution is 5.79. The molecule has 4 nitrogen and oxygen atoms in total. The molecular formula is C25H25FN2O2. The number of carbonyl (C=O) groups is 1. The number of likely N-dealkylation sites (tertiary alicyclic amines) is 1. The van der Waals surface area contributed by atoms with Gasteiger partial charge >= 0.3 is 0 Å². The molecule has 3 aromatic rings. The minimum Gasteiger partial charge on any atom is -0.497 e. The average Bonchev–Trinajstić information content (AvgIpc) is 2.80. The third-order valence-electron chi connectivity index (χ3n) is 5.60. The van der Waals surface area contributed by atoms with Gasteiger partial charge in [-0.2, -0.15) is 0 Å². The van der Waals surface area contributed by atoms with E-state index in [-0.39, 0.29) is 17.6 Å². The van der Waals surface area contributed by atoms with Crippen molar-refractivity contribution in [2.45, 2.75) is 25.2 Å². The second-order valence-corrected chi connectivity index (χ2v) is 7.66. The third kappa shape index (κ3) is 4.67. The summed E-state index contributed by atoms with van der Waals surface area (Å²) in [5.74, 6) is 0.833. The van der Waals surface area contributed by atoms with Gasteiger partial charge in [0.05, 0.1) is 19.2 Å². The van der Waals surface area contributed by atoms with Crippen LogP contribution >= 0.6 is 0 Å². The summed E-state index contributed by atoms with van der Waals surface area (Å²) in [5, 5.41) is 0. The lowest BCUT2D eigenvalue weighted by molar-refractivity contribution is -0.131. The first kappa shape index (κ1) is 20.1. The molecule has 1 atom stereocenters. The summed E-state index contributed by atoms with van der Waals surface area (Å²) < 4.78 is 18.8. The summed E-state index contributed by atoms with van der Waals surface area (Å²) in [7, 11) is 1.63. The molecule has 30 heavy (non-hydrogen) atoms. The molecule has 1 aliphatic rings. The molecule has 1 aromatic heterocycles. The van der Waals surface area contributed by atoms with Crippen LogP contribution in [0.4, 0.5) is 4.39 Å². The molecule has 1 aliphatic heterocycles. The number of nitrogens with zero attached hydrogens (tertiary/aromatic N) is 2. The van der Waals surface area contributed by atoms with Crippen LogP contribution in [0.25, 0.3) is 11.3 Å². The van der Waals surface area contributed by atoms with Crippen molar-refractivity contribution in [1.29, 1.82) is 0 Å². The van der Waals surface area contributed by atoms with Crippen molar-refractivity contribution in [1.82, 2.24) is 9.88 Å². The number of amides is 1. The monoisotopic (exact) mass is 404 g/mol. The minimum atomic E-state index is -0.271. The molecule has 1 fully saturated rings. The van der Waals surface area contributed by atoms with Gasteiger partial charge in [-0.1, -0.05) is 30.3 Å². The lowest BCUT2D eigenvalue weighted by atomic mass is 9.93. The van der Waals surface area contributed by atoms with Gasteiger partial charge in [0.2, 0.25) is 5.91 Å². The van der Waals surface area contributed by atoms with Crippen molar-refractivity contribution in [3.05, 3.63) is 83.8 Å². The lowest BCUT2D eigenvalue weighted by Crippen LogP contribution is -2.40. The number of pyridine rings is 1. The Balaban J connectivity index is 1.45. The summed E-state index contributed by atoms with van der Waals surface area (Å²) in [6.45, 7) is 1.43. The van der Waals surface area contributed by atoms with Crippen LogP contribution in [0.15, 0.2) is 66.7 Å². The Bertz CT molecular complexity index is 1020. The number of benzene rings is 2. The van der Waals surface area contributed by atoms with E-state index in [0.717, 1.165) is 47.7 Å². The van der Waals surface area contributed by atoms with Gasteiger partial charge in [-0.05, 0) is 54.8 Å². The zero-order valence-corrected chi connectivity index (χ0v) is 17.1. The topological polar surface area (TPSA) is 42.4 Å². The van der Waals surface area contributed by atoms with Gasteiger partial charge in [0.15, 0.2) is 0 Å². The Hall–Kier alpha value is -3.21. The molecule has 5 heteroatoms. The van der Waals surface area contributed by atoms with Gasteiger partial charge in [0, 0.05) is 30.3 Å². The van der Waals surface area contributed by atoms with Gasteiger partial charge in [0.25, 0.3) is 0 Å². The number of rotatable bonds is 5. The normalized spacial score (nSPS) is 16.3. The zero-order chi connectivity index (χ0) is 20.9. The number of ether oxygens (including phenoxy) is 1. The lowest BCUT2D eigenvalue weighted by Gasteiger charge is -2.32. The maximum Gasteiger partial charge on any atom is 0.227 e. The highest BCUT2D eigenvalue weighted by atomic mass is 19.1. The van der Waals surface area contributed by atoms with Crippen LogP contribution < -0.4 is 4.74 Å². The fraction of sp³-hybridized carbons (Fsp3) is 0.280. The number of carbonyl (C=O) groups excluding carboxylic acids is 1. The number of piperidine rings is 1. The summed E-state index contributed by atoms with van der Waals surface area (Å²) in [6, 6.07) is 20.0. The third-order valence-corrected chi connectivity index (χ3v) is 5.60. The van der Waals surface area contributed by atoms with Gasteiger partial charge in [-0.25, -0.2) is 4.39 Å². The molecule has 0 saturated carbocycles. The van der Waals surface area contributed by atoms with Crippen LogP contribution in [0.1, 0.15) is 30.0 Å². The molecule has 1 amide bonds. The summed E-state index contributed by atoms with van der Waals surface area (Å²) in [4.78, 5) is 19.6. The number of methoxy groups -OCH3 is 1. The van der Waals surface area contributed by atoms with Crippen LogP contribution in [-0.2, 0) is 11.2 Å². The van der Waals surface area contributed by atoms with E-state index in [1.165, 1.54) is 12.1 Å². The van der Waals surface area contributed by atoms with Crippen molar-refractivity contribution < 1.29 is 13.9 Å². The van der Waals surface area contributed by atoms with Crippen molar-refractivity contribution >= 4 is 5.91 Å². The van der Waals surface area contributed by atoms with Crippen LogP contribution in [0.5, 0.6) is 5.75 Å². The second-order valence-electron chi connectivity index (χ2n) is 7.66. The van der Waals surface area contributed by atoms with E-state index in [0.29, 0.717) is 13.0 Å². The largest absolute Gasteiger partial charge is 0.497 e. The fourth-order valence-corrected chi connectivity index (χ4v) is 3.96. The van der Waals surface area contributed by atoms with Gasteiger partial charge in [0.1, 0.15) is 11.6 Å². The molecule has 2 heterocycles. The van der Waals surface area contributed by atoms with Gasteiger partial charge < -0.3 is 9.64 Å². The van der Waals surface area contributed by atoms with Crippen molar-refractivity contribution in [3.8, 4) is 17.0 Å². The second kappa shape index (κ2) is 9.08. The summed E-state index contributed by atoms with van der Waals surface area (Å²) >= 11 is 0. The van der Waals surface area contributed by atoms with Crippen LogP contribution in [0.3, 0.4) is 0 Å². The maximum absolute atomic E-state index is 13.6. The molecule has 1 unspecified atom stereocenters. The molecule has 0 radical (unpaired) electrons. The fourth-order valence-electron chi connectivity index (χ4n) is 3.96. The summed E-state index contributed by atoms with van der Waals surface area (Å²) in [5.41, 5.74) is 3.46. The van der Waals surface area contributed by atoms with E-state index in [1.807, 2.05) is 53.4 Å². The molecule has 0 spiro atoms. The molecule has 0 aliphatic carbocycles. The molecule has 154 valence electrons. The van der Waals surface area contributed by atoms with Crippen molar-refractivity contribution in [2.75, 3.05) is 20.2 Å². The smallest absolute Gasteiger partial charge is 0.227 e. The van der Waals surface area contributed by atoms with E-state index in [9.17, 15) is 9.18 Å². The van der Waals surface area contributed by atoms with E-state index >= 15 is 0 Å². The first-order valence-electron chi connectivity index (χ1n) is 10.3. The predicted octanol–water partition coefficient (Wildman–Crippen LogP) is 4.85. The molecule has 4 rings (SSSR count). The Labute approximate surface area is 176 Å². The Morgan fingerprint density at radius 1 is 1.13 bits per heavy atom. The van der Waals surface area contributed by atoms with Crippen molar-refractivity contribution in [3.63, 3.8) is 0 Å². The van der Waals surface area contributed by atoms with Crippen LogP contribution in [0.2, 0.25) is 0 Å². The predicted molar refractivity (Wildman–Crippen MR) is 115 cm³/mol. The SMILES string of the molecule is COc1ccc(CC(=O)N2CCCC(c3cccc(-c4cccc(F)c4)n3)C2)cc1. The van der Waals surface area contributed by atoms with Crippen LogP contribution in [-0.4, -0.2) is 36.0 Å². The molecule has 2 aromatic carbocycles. The zero-order valence-electron chi connectivity index (χ0n) is 17.1. The van der Waals surface area contributed by atoms with E-state index in [4.69, 9.17) is 9.72 Å². The van der Waals surface area contributed by atoms with Gasteiger partial charge in [-0.15, -0.1) is 0 Å². The Morgan fingerprint density at radius 2 is 1.93 bits per heavy atom. The van der Waals surface area contributed by atoms with Gasteiger partial charge in [-0.3, -0.25) is 9.78 Å². The van der Waals surface area contributed by atoms with E-state index < -0.39 is 0 Å². The highest BCUT2D eigenvalue weighted by Gasteiger charge is 2.25. The minimum absolute atomic E-state index is 0.131. The van der Waals surface area contributed by atoms with Crippen molar-refractivity contribution in [2.24, 2.45) is 0 Å². The Morgan fingerprint density at radius 3 is 2.70 bits per heavy atom. The van der Waals surface area contributed by atoms with E-state index in [1.54, 1.807) is 13.2 Å². The maximum atomic E-state index is 13.6. The standard InChI is InChI=1S/C25H25FN2O2/c1-30-22-12-10-18(11-13-22)15-25(29)28-14-4-6-20(17-28)24-9-3-8-23(27-24)19-5-2-7-21(26)16-19/h2-3,5,7-13,16,20H,4,6,14-15,17H2,1H3.